The number of rotatable bonds is 6. The molecule has 4 nitrogen and oxygen atoms in total. The highest BCUT2D eigenvalue weighted by molar-refractivity contribution is 5.46. The molecule has 1 aromatic heterocycles. The van der Waals surface area contributed by atoms with E-state index < -0.39 is 0 Å². The first kappa shape index (κ1) is 13.5. The van der Waals surface area contributed by atoms with Crippen LogP contribution in [0.25, 0.3) is 0 Å². The zero-order valence-corrected chi connectivity index (χ0v) is 11.8. The number of nitrogens with zero attached hydrogens (tertiary/aromatic N) is 2. The maximum Gasteiger partial charge on any atom is 0.119 e. The van der Waals surface area contributed by atoms with Crippen LogP contribution in [0.15, 0.2) is 36.5 Å². The Morgan fingerprint density at radius 1 is 1.21 bits per heavy atom. The summed E-state index contributed by atoms with van der Waals surface area (Å²) in [7, 11) is 1.97. The first-order valence-electron chi connectivity index (χ1n) is 6.62. The van der Waals surface area contributed by atoms with Gasteiger partial charge in [-0.1, -0.05) is 0 Å². The van der Waals surface area contributed by atoms with Crippen molar-refractivity contribution >= 4 is 5.69 Å². The standard InChI is InChI=1S/C15H21N3O/c1-12(2)19-15-6-4-13(5-7-15)16-10-8-14-9-11-17-18(14)3/h4-7,9,11-12,16H,8,10H2,1-3H3. The molecule has 2 aromatic rings. The molecule has 1 heterocycles. The molecule has 4 heteroatoms. The third-order valence-electron chi connectivity index (χ3n) is 2.86. The predicted molar refractivity (Wildman–Crippen MR) is 77.6 cm³/mol. The molecule has 0 aliphatic carbocycles. The van der Waals surface area contributed by atoms with Crippen LogP contribution in [-0.4, -0.2) is 22.4 Å². The topological polar surface area (TPSA) is 39.1 Å². The summed E-state index contributed by atoms with van der Waals surface area (Å²) in [5, 5.41) is 7.55. The Morgan fingerprint density at radius 2 is 1.95 bits per heavy atom. The zero-order valence-electron chi connectivity index (χ0n) is 11.8. The minimum Gasteiger partial charge on any atom is -0.491 e. The van der Waals surface area contributed by atoms with Gasteiger partial charge in [0.15, 0.2) is 0 Å². The van der Waals surface area contributed by atoms with E-state index in [1.807, 2.05) is 62.1 Å². The molecule has 19 heavy (non-hydrogen) atoms. The van der Waals surface area contributed by atoms with Gasteiger partial charge in [-0.25, -0.2) is 0 Å². The molecular formula is C15H21N3O. The first-order chi connectivity index (χ1) is 9.15. The summed E-state index contributed by atoms with van der Waals surface area (Å²) in [6, 6.07) is 10.1. The van der Waals surface area contributed by atoms with Gasteiger partial charge in [0.1, 0.15) is 5.75 Å². The Bertz CT molecular complexity index is 502. The molecule has 0 amide bonds. The Hall–Kier alpha value is -1.97. The lowest BCUT2D eigenvalue weighted by molar-refractivity contribution is 0.242. The van der Waals surface area contributed by atoms with Crippen molar-refractivity contribution in [1.29, 1.82) is 0 Å². The summed E-state index contributed by atoms with van der Waals surface area (Å²) in [6.07, 6.45) is 3.00. The van der Waals surface area contributed by atoms with Crippen LogP contribution < -0.4 is 10.1 Å². The average molecular weight is 259 g/mol. The van der Waals surface area contributed by atoms with E-state index in [2.05, 4.69) is 10.4 Å². The average Bonchev–Trinajstić information content (AvgIpc) is 2.77. The molecule has 0 radical (unpaired) electrons. The van der Waals surface area contributed by atoms with Crippen molar-refractivity contribution in [3.05, 3.63) is 42.2 Å². The van der Waals surface area contributed by atoms with Gasteiger partial charge in [-0.2, -0.15) is 5.10 Å². The Morgan fingerprint density at radius 3 is 2.53 bits per heavy atom. The van der Waals surface area contributed by atoms with Crippen molar-refractivity contribution in [3.63, 3.8) is 0 Å². The summed E-state index contributed by atoms with van der Waals surface area (Å²) in [5.41, 5.74) is 2.34. The minimum absolute atomic E-state index is 0.212. The quantitative estimate of drug-likeness (QED) is 0.867. The maximum atomic E-state index is 5.61. The molecule has 1 N–H and O–H groups in total. The summed E-state index contributed by atoms with van der Waals surface area (Å²) in [4.78, 5) is 0. The van der Waals surface area contributed by atoms with Crippen LogP contribution >= 0.6 is 0 Å². The molecule has 102 valence electrons. The van der Waals surface area contributed by atoms with Gasteiger partial charge in [0.05, 0.1) is 6.10 Å². The largest absolute Gasteiger partial charge is 0.491 e. The molecule has 0 aliphatic rings. The molecule has 0 unspecified atom stereocenters. The Kier molecular flexibility index (Phi) is 4.44. The molecule has 0 spiro atoms. The fraction of sp³-hybridized carbons (Fsp3) is 0.400. The van der Waals surface area contributed by atoms with Gasteiger partial charge in [-0.3, -0.25) is 4.68 Å². The van der Waals surface area contributed by atoms with Gasteiger partial charge in [0.25, 0.3) is 0 Å². The van der Waals surface area contributed by atoms with Crippen molar-refractivity contribution < 1.29 is 4.74 Å². The molecule has 2 rings (SSSR count). The lowest BCUT2D eigenvalue weighted by atomic mass is 10.2. The van der Waals surface area contributed by atoms with E-state index in [1.54, 1.807) is 0 Å². The van der Waals surface area contributed by atoms with Gasteiger partial charge in [-0.05, 0) is 44.2 Å². The van der Waals surface area contributed by atoms with E-state index in [0.717, 1.165) is 24.4 Å². The SMILES string of the molecule is CC(C)Oc1ccc(NCCc2ccnn2C)cc1. The maximum absolute atomic E-state index is 5.61. The zero-order chi connectivity index (χ0) is 13.7. The lowest BCUT2D eigenvalue weighted by Gasteiger charge is -2.11. The number of hydrogen-bond acceptors (Lipinski definition) is 3. The first-order valence-corrected chi connectivity index (χ1v) is 6.62. The number of aromatic nitrogens is 2. The van der Waals surface area contributed by atoms with Crippen molar-refractivity contribution in [2.75, 3.05) is 11.9 Å². The second-order valence-corrected chi connectivity index (χ2v) is 4.81. The van der Waals surface area contributed by atoms with E-state index in [4.69, 9.17) is 4.74 Å². The lowest BCUT2D eigenvalue weighted by Crippen LogP contribution is -2.08. The van der Waals surface area contributed by atoms with E-state index in [9.17, 15) is 0 Å². The van der Waals surface area contributed by atoms with Gasteiger partial charge < -0.3 is 10.1 Å². The number of nitrogens with one attached hydrogen (secondary N) is 1. The molecule has 0 saturated carbocycles. The molecule has 0 saturated heterocycles. The van der Waals surface area contributed by atoms with Crippen LogP contribution in [0.4, 0.5) is 5.69 Å². The fourth-order valence-corrected chi connectivity index (χ4v) is 1.90. The number of aryl methyl sites for hydroxylation is 1. The van der Waals surface area contributed by atoms with Gasteiger partial charge in [0.2, 0.25) is 0 Å². The van der Waals surface area contributed by atoms with E-state index in [-0.39, 0.29) is 6.10 Å². The molecule has 0 atom stereocenters. The predicted octanol–water partition coefficient (Wildman–Crippen LogP) is 2.86. The van der Waals surface area contributed by atoms with Crippen LogP contribution in [0.2, 0.25) is 0 Å². The highest BCUT2D eigenvalue weighted by Crippen LogP contribution is 2.16. The number of anilines is 1. The van der Waals surface area contributed by atoms with Gasteiger partial charge >= 0.3 is 0 Å². The van der Waals surface area contributed by atoms with Crippen LogP contribution in [0.3, 0.4) is 0 Å². The summed E-state index contributed by atoms with van der Waals surface area (Å²) < 4.78 is 7.51. The van der Waals surface area contributed by atoms with Crippen molar-refractivity contribution in [3.8, 4) is 5.75 Å². The Labute approximate surface area is 114 Å². The van der Waals surface area contributed by atoms with Gasteiger partial charge in [-0.15, -0.1) is 0 Å². The summed E-state index contributed by atoms with van der Waals surface area (Å²) in [6.45, 7) is 4.95. The molecule has 0 aliphatic heterocycles. The van der Waals surface area contributed by atoms with Crippen molar-refractivity contribution in [1.82, 2.24) is 9.78 Å². The number of hydrogen-bond donors (Lipinski definition) is 1. The van der Waals surface area contributed by atoms with Crippen molar-refractivity contribution in [2.24, 2.45) is 7.05 Å². The van der Waals surface area contributed by atoms with Crippen LogP contribution in [-0.2, 0) is 13.5 Å². The third kappa shape index (κ3) is 4.02. The van der Waals surface area contributed by atoms with E-state index in [0.29, 0.717) is 0 Å². The molecule has 1 aromatic carbocycles. The number of benzene rings is 1. The highest BCUT2D eigenvalue weighted by atomic mass is 16.5. The Balaban J connectivity index is 1.81. The summed E-state index contributed by atoms with van der Waals surface area (Å²) in [5.74, 6) is 0.909. The van der Waals surface area contributed by atoms with Crippen LogP contribution in [0, 0.1) is 0 Å². The normalized spacial score (nSPS) is 10.7. The highest BCUT2D eigenvalue weighted by Gasteiger charge is 2.00. The van der Waals surface area contributed by atoms with Gasteiger partial charge in [0, 0.05) is 37.6 Å². The number of ether oxygens (including phenoxy) is 1. The molecule has 0 fully saturated rings. The van der Waals surface area contributed by atoms with E-state index in [1.165, 1.54) is 5.69 Å². The van der Waals surface area contributed by atoms with E-state index >= 15 is 0 Å². The summed E-state index contributed by atoms with van der Waals surface area (Å²) >= 11 is 0. The van der Waals surface area contributed by atoms with Crippen LogP contribution in [0.1, 0.15) is 19.5 Å². The minimum atomic E-state index is 0.212. The van der Waals surface area contributed by atoms with Crippen LogP contribution in [0.5, 0.6) is 5.75 Å². The second kappa shape index (κ2) is 6.27. The second-order valence-electron chi connectivity index (χ2n) is 4.81. The van der Waals surface area contributed by atoms with Crippen molar-refractivity contribution in [2.45, 2.75) is 26.4 Å². The molecule has 0 bridgehead atoms. The molecular weight excluding hydrogens is 238 g/mol. The third-order valence-corrected chi connectivity index (χ3v) is 2.86. The monoisotopic (exact) mass is 259 g/mol. The fourth-order valence-electron chi connectivity index (χ4n) is 1.90. The smallest absolute Gasteiger partial charge is 0.119 e.